The Kier molecular flexibility index (Phi) is 10.9. The van der Waals surface area contributed by atoms with Gasteiger partial charge in [0.2, 0.25) is 5.91 Å². The Morgan fingerprint density at radius 1 is 0.942 bits per heavy atom. The molecule has 1 aliphatic carbocycles. The largest absolute Gasteiger partial charge is 0.493 e. The molecule has 10 nitrogen and oxygen atoms in total. The molecule has 0 radical (unpaired) electrons. The lowest BCUT2D eigenvalue weighted by molar-refractivity contribution is -0.145. The Morgan fingerprint density at radius 3 is 2.46 bits per heavy atom. The van der Waals surface area contributed by atoms with Crippen LogP contribution in [0, 0.1) is 19.8 Å². The minimum absolute atomic E-state index is 0.234. The standard InChI is InChI=1S/C42H47N3O7/c1-26-27(2)43-18-17-37(26)51-34-13-9-28(10-14-34)19-36(42(47)48-3)45-41(46)35-20-31-21-38-39(22-32(31)23-44-35)52-40(25-50-38)30-11-15-33(16-12-30)49-24-29-7-5-4-6-8-29/h9-18,21-22,29,35-36,40,44H,4-8,19-20,23-25H2,1-3H3,(H,45,46)/t35-,36-,40?/m0/s1. The Morgan fingerprint density at radius 2 is 1.69 bits per heavy atom. The van der Waals surface area contributed by atoms with Gasteiger partial charge in [0.05, 0.1) is 19.8 Å². The number of fused-ring (bicyclic) bond motifs is 2. The predicted molar refractivity (Wildman–Crippen MR) is 196 cm³/mol. The number of nitrogens with one attached hydrogen (secondary N) is 2. The van der Waals surface area contributed by atoms with Crippen molar-refractivity contribution in [2.24, 2.45) is 5.92 Å². The summed E-state index contributed by atoms with van der Waals surface area (Å²) in [6.07, 6.45) is 8.67. The van der Waals surface area contributed by atoms with Gasteiger partial charge in [0.1, 0.15) is 29.9 Å². The smallest absolute Gasteiger partial charge is 0.328 e. The van der Waals surface area contributed by atoms with Crippen LogP contribution in [0.25, 0.3) is 0 Å². The average molecular weight is 706 g/mol. The Hall–Kier alpha value is -5.09. The Bertz CT molecular complexity index is 1870. The van der Waals surface area contributed by atoms with Crippen LogP contribution < -0.4 is 29.6 Å². The van der Waals surface area contributed by atoms with Crippen LogP contribution >= 0.6 is 0 Å². The molecular formula is C42H47N3O7. The molecule has 0 spiro atoms. The van der Waals surface area contributed by atoms with Crippen LogP contribution in [0.2, 0.25) is 0 Å². The number of ether oxygens (including phenoxy) is 5. The summed E-state index contributed by atoms with van der Waals surface area (Å²) in [5.41, 5.74) is 5.81. The second-order valence-electron chi connectivity index (χ2n) is 14.1. The zero-order chi connectivity index (χ0) is 36.0. The van der Waals surface area contributed by atoms with Gasteiger partial charge in [-0.1, -0.05) is 43.5 Å². The van der Waals surface area contributed by atoms with Crippen LogP contribution in [0.1, 0.15) is 71.7 Å². The normalized spacial score (nSPS) is 18.8. The monoisotopic (exact) mass is 705 g/mol. The van der Waals surface area contributed by atoms with E-state index in [1.807, 2.05) is 68.4 Å². The topological polar surface area (TPSA) is 117 Å². The number of carbonyl (C=O) groups is 2. The van der Waals surface area contributed by atoms with Gasteiger partial charge in [-0.15, -0.1) is 0 Å². The highest BCUT2D eigenvalue weighted by atomic mass is 16.6. The third kappa shape index (κ3) is 8.34. The van der Waals surface area contributed by atoms with Gasteiger partial charge >= 0.3 is 5.97 Å². The van der Waals surface area contributed by atoms with Crippen molar-refractivity contribution in [3.63, 3.8) is 0 Å². The van der Waals surface area contributed by atoms with Crippen molar-refractivity contribution in [2.45, 2.75) is 83.5 Å². The van der Waals surface area contributed by atoms with Crippen LogP contribution in [-0.2, 0) is 33.7 Å². The molecule has 4 aromatic rings. The minimum atomic E-state index is -0.854. The summed E-state index contributed by atoms with van der Waals surface area (Å²) in [4.78, 5) is 30.6. The molecule has 0 saturated heterocycles. The zero-order valence-electron chi connectivity index (χ0n) is 30.1. The van der Waals surface area contributed by atoms with Gasteiger partial charge in [0.15, 0.2) is 17.6 Å². The highest BCUT2D eigenvalue weighted by Crippen LogP contribution is 2.40. The molecule has 272 valence electrons. The van der Waals surface area contributed by atoms with Crippen LogP contribution in [-0.4, -0.2) is 49.3 Å². The molecule has 3 heterocycles. The van der Waals surface area contributed by atoms with Crippen molar-refractivity contribution in [2.75, 3.05) is 20.3 Å². The van der Waals surface area contributed by atoms with Gasteiger partial charge in [0.25, 0.3) is 0 Å². The third-order valence-electron chi connectivity index (χ3n) is 10.5. The number of esters is 1. The van der Waals surface area contributed by atoms with Gasteiger partial charge in [-0.05, 0) is 104 Å². The van der Waals surface area contributed by atoms with Gasteiger partial charge in [0, 0.05) is 30.4 Å². The number of methoxy groups -OCH3 is 1. The molecule has 2 aliphatic heterocycles. The number of carbonyl (C=O) groups excluding carboxylic acids is 2. The minimum Gasteiger partial charge on any atom is -0.493 e. The summed E-state index contributed by atoms with van der Waals surface area (Å²) in [5, 5.41) is 6.26. The number of amides is 1. The molecule has 1 amide bonds. The van der Waals surface area contributed by atoms with Crippen LogP contribution in [0.4, 0.5) is 0 Å². The van der Waals surface area contributed by atoms with Crippen LogP contribution in [0.3, 0.4) is 0 Å². The maximum absolute atomic E-state index is 13.5. The molecule has 3 atom stereocenters. The fraction of sp³-hybridized carbons (Fsp3) is 0.405. The van der Waals surface area contributed by atoms with E-state index in [4.69, 9.17) is 23.7 Å². The van der Waals surface area contributed by atoms with Crippen molar-refractivity contribution >= 4 is 11.9 Å². The summed E-state index contributed by atoms with van der Waals surface area (Å²) in [6.45, 7) is 5.54. The second kappa shape index (κ2) is 16.1. The molecule has 52 heavy (non-hydrogen) atoms. The number of aromatic nitrogens is 1. The molecule has 1 unspecified atom stereocenters. The van der Waals surface area contributed by atoms with Crippen molar-refractivity contribution in [3.8, 4) is 28.7 Å². The molecule has 2 N–H and O–H groups in total. The number of rotatable bonds is 11. The number of hydrogen-bond acceptors (Lipinski definition) is 9. The number of aryl methyl sites for hydroxylation is 1. The summed E-state index contributed by atoms with van der Waals surface area (Å²) >= 11 is 0. The van der Waals surface area contributed by atoms with E-state index in [0.717, 1.165) is 51.6 Å². The zero-order valence-corrected chi connectivity index (χ0v) is 30.1. The fourth-order valence-electron chi connectivity index (χ4n) is 7.17. The molecule has 1 fully saturated rings. The molecule has 3 aliphatic rings. The lowest BCUT2D eigenvalue weighted by Crippen LogP contribution is -2.53. The molecule has 10 heteroatoms. The number of benzene rings is 3. The van der Waals surface area contributed by atoms with Gasteiger partial charge in [-0.2, -0.15) is 0 Å². The molecule has 0 bridgehead atoms. The molecule has 1 saturated carbocycles. The van der Waals surface area contributed by atoms with Gasteiger partial charge in [-0.3, -0.25) is 9.78 Å². The first-order chi connectivity index (χ1) is 25.3. The van der Waals surface area contributed by atoms with Crippen LogP contribution in [0.5, 0.6) is 28.7 Å². The molecule has 7 rings (SSSR count). The van der Waals surface area contributed by atoms with Gasteiger partial charge < -0.3 is 34.3 Å². The number of nitrogens with zero attached hydrogens (tertiary/aromatic N) is 1. The van der Waals surface area contributed by atoms with Crippen molar-refractivity contribution in [3.05, 3.63) is 106 Å². The van der Waals surface area contributed by atoms with Gasteiger partial charge in [-0.25, -0.2) is 4.79 Å². The lowest BCUT2D eigenvalue weighted by Gasteiger charge is -2.31. The number of pyridine rings is 1. The highest BCUT2D eigenvalue weighted by molar-refractivity contribution is 5.88. The van der Waals surface area contributed by atoms with E-state index in [2.05, 4.69) is 27.8 Å². The second-order valence-corrected chi connectivity index (χ2v) is 14.1. The van der Waals surface area contributed by atoms with Crippen molar-refractivity contribution in [1.82, 2.24) is 15.6 Å². The number of hydrogen-bond donors (Lipinski definition) is 2. The average Bonchev–Trinajstić information content (AvgIpc) is 3.18. The summed E-state index contributed by atoms with van der Waals surface area (Å²) in [7, 11) is 1.32. The van der Waals surface area contributed by atoms with E-state index in [-0.39, 0.29) is 18.4 Å². The van der Waals surface area contributed by atoms with E-state index in [1.165, 1.54) is 39.2 Å². The quantitative estimate of drug-likeness (QED) is 0.161. The van der Waals surface area contributed by atoms with E-state index >= 15 is 0 Å². The molecular weight excluding hydrogens is 658 g/mol. The molecule has 3 aromatic carbocycles. The summed E-state index contributed by atoms with van der Waals surface area (Å²) < 4.78 is 29.8. The van der Waals surface area contributed by atoms with E-state index in [0.29, 0.717) is 42.7 Å². The first-order valence-electron chi connectivity index (χ1n) is 18.3. The third-order valence-corrected chi connectivity index (χ3v) is 10.5. The Labute approximate surface area is 305 Å². The fourth-order valence-corrected chi connectivity index (χ4v) is 7.17. The summed E-state index contributed by atoms with van der Waals surface area (Å²) in [5.74, 6) is 3.51. The highest BCUT2D eigenvalue weighted by Gasteiger charge is 2.31. The van der Waals surface area contributed by atoms with E-state index in [9.17, 15) is 9.59 Å². The van der Waals surface area contributed by atoms with E-state index < -0.39 is 18.1 Å². The van der Waals surface area contributed by atoms with E-state index in [1.54, 1.807) is 6.20 Å². The maximum atomic E-state index is 13.5. The van der Waals surface area contributed by atoms with Crippen molar-refractivity contribution in [1.29, 1.82) is 0 Å². The first-order valence-corrected chi connectivity index (χ1v) is 18.3. The SMILES string of the molecule is COC(=O)[C@H](Cc1ccc(Oc2ccnc(C)c2C)cc1)NC(=O)[C@@H]1Cc2cc3c(cc2CN1)OC(c1ccc(OCC2CCCCC2)cc1)CO3. The lowest BCUT2D eigenvalue weighted by atomic mass is 9.90. The first kappa shape index (κ1) is 35.3. The van der Waals surface area contributed by atoms with Crippen LogP contribution in [0.15, 0.2) is 72.9 Å². The predicted octanol–water partition coefficient (Wildman–Crippen LogP) is 6.88. The summed E-state index contributed by atoms with van der Waals surface area (Å²) in [6, 6.07) is 20.0. The maximum Gasteiger partial charge on any atom is 0.328 e. The molecule has 1 aromatic heterocycles. The van der Waals surface area contributed by atoms with Crippen molar-refractivity contribution < 1.29 is 33.3 Å². The Balaban J connectivity index is 0.939.